The highest BCUT2D eigenvalue weighted by Gasteiger charge is 2.11. The summed E-state index contributed by atoms with van der Waals surface area (Å²) in [6.07, 6.45) is 8.19. The van der Waals surface area contributed by atoms with Crippen LogP contribution in [0.25, 0.3) is 6.08 Å². The fraction of sp³-hybridized carbons (Fsp3) is 0.346. The summed E-state index contributed by atoms with van der Waals surface area (Å²) in [6.45, 7) is 19.2. The van der Waals surface area contributed by atoms with E-state index in [2.05, 4.69) is 40.2 Å². The lowest BCUT2D eigenvalue weighted by molar-refractivity contribution is -0.133. The Morgan fingerprint density at radius 1 is 1.10 bits per heavy atom. The zero-order valence-corrected chi connectivity index (χ0v) is 19.1. The zero-order valence-electron chi connectivity index (χ0n) is 19.1. The van der Waals surface area contributed by atoms with Crippen LogP contribution in [0.1, 0.15) is 58.4 Å². The molecule has 1 atom stereocenters. The molecule has 0 saturated carbocycles. The maximum atomic E-state index is 10.5. The minimum absolute atomic E-state index is 0.176. The number of hydrogen-bond donors (Lipinski definition) is 2. The fourth-order valence-electron chi connectivity index (χ4n) is 1.97. The van der Waals surface area contributed by atoms with E-state index in [0.717, 1.165) is 12.8 Å². The van der Waals surface area contributed by atoms with Gasteiger partial charge in [0.2, 0.25) is 0 Å². The lowest BCUT2D eigenvalue weighted by Crippen LogP contribution is -2.06. The lowest BCUT2D eigenvalue weighted by atomic mass is 9.92. The number of hydrogen-bond acceptors (Lipinski definition) is 3. The number of carboxylic acids is 2. The molecule has 0 heterocycles. The van der Waals surface area contributed by atoms with Crippen LogP contribution in [-0.4, -0.2) is 22.2 Å². The van der Waals surface area contributed by atoms with Crippen LogP contribution in [0.15, 0.2) is 73.9 Å². The molecule has 1 unspecified atom stereocenters. The molecule has 0 aromatic heterocycles. The molecule has 0 aliphatic heterocycles. The number of allylic oxidation sites excluding steroid dienone is 1. The van der Waals surface area contributed by atoms with Gasteiger partial charge in [0.25, 0.3) is 0 Å². The number of carboxylic acid groups (broad SMARTS) is 2. The minimum Gasteiger partial charge on any atom is -0.478 e. The summed E-state index contributed by atoms with van der Waals surface area (Å²) in [4.78, 5) is 20.1. The lowest BCUT2D eigenvalue weighted by Gasteiger charge is -2.13. The Balaban J connectivity index is -0.000000371. The normalized spacial score (nSPS) is 9.35. The Labute approximate surface area is 187 Å². The summed E-state index contributed by atoms with van der Waals surface area (Å²) < 4.78 is 0. The molecule has 5 heteroatoms. The second-order valence-corrected chi connectivity index (χ2v) is 6.56. The van der Waals surface area contributed by atoms with Gasteiger partial charge in [-0.15, -0.1) is 0 Å². The third kappa shape index (κ3) is 24.6. The van der Waals surface area contributed by atoms with Gasteiger partial charge in [-0.2, -0.15) is 5.26 Å². The van der Waals surface area contributed by atoms with Crippen LogP contribution in [-0.2, 0) is 9.59 Å². The molecule has 0 bridgehead atoms. The van der Waals surface area contributed by atoms with Crippen molar-refractivity contribution in [3.63, 3.8) is 0 Å². The molecule has 0 spiro atoms. The molecule has 0 aliphatic rings. The minimum atomic E-state index is -0.935. The number of benzene rings is 1. The highest BCUT2D eigenvalue weighted by Crippen LogP contribution is 2.20. The summed E-state index contributed by atoms with van der Waals surface area (Å²) in [5, 5.41) is 24.1. The van der Waals surface area contributed by atoms with E-state index in [9.17, 15) is 9.59 Å². The number of aliphatic carboxylic acids is 2. The average Bonchev–Trinajstić information content (AvgIpc) is 2.77. The van der Waals surface area contributed by atoms with Crippen LogP contribution in [0.5, 0.6) is 0 Å². The largest absolute Gasteiger partial charge is 0.478 e. The number of carbonyl (C=O) groups is 2. The van der Waals surface area contributed by atoms with Crippen molar-refractivity contribution in [3.8, 4) is 6.07 Å². The van der Waals surface area contributed by atoms with E-state index in [1.54, 1.807) is 6.07 Å². The van der Waals surface area contributed by atoms with Gasteiger partial charge in [0.15, 0.2) is 0 Å². The first-order chi connectivity index (χ1) is 14.6. The fourth-order valence-corrected chi connectivity index (χ4v) is 1.97. The first kappa shape index (κ1) is 32.3. The summed E-state index contributed by atoms with van der Waals surface area (Å²) in [6, 6.07) is 11.7. The van der Waals surface area contributed by atoms with Gasteiger partial charge in [-0.05, 0) is 24.8 Å². The molecule has 31 heavy (non-hydrogen) atoms. The quantitative estimate of drug-likeness (QED) is 0.330. The van der Waals surface area contributed by atoms with Crippen LogP contribution < -0.4 is 0 Å². The van der Waals surface area contributed by atoms with Gasteiger partial charge in [0, 0.05) is 17.2 Å². The third-order valence-electron chi connectivity index (χ3n) is 3.87. The molecule has 0 radical (unpaired) electrons. The van der Waals surface area contributed by atoms with Crippen molar-refractivity contribution in [2.75, 3.05) is 0 Å². The molecule has 1 aromatic rings. The Hall–Kier alpha value is -3.39. The summed E-state index contributed by atoms with van der Waals surface area (Å²) in [5.74, 6) is -1.28. The van der Waals surface area contributed by atoms with Crippen LogP contribution in [0.2, 0.25) is 0 Å². The van der Waals surface area contributed by atoms with Gasteiger partial charge in [0.05, 0.1) is 6.07 Å². The molecule has 5 nitrogen and oxygen atoms in total. The first-order valence-electron chi connectivity index (χ1n) is 10.1. The van der Waals surface area contributed by atoms with E-state index in [1.807, 2.05) is 36.4 Å². The van der Waals surface area contributed by atoms with Gasteiger partial charge in [-0.25, -0.2) is 9.59 Å². The first-order valence-corrected chi connectivity index (χ1v) is 10.1. The maximum absolute atomic E-state index is 10.5. The Kier molecular flexibility index (Phi) is 23.8. The van der Waals surface area contributed by atoms with Crippen molar-refractivity contribution < 1.29 is 19.8 Å². The molecule has 0 aliphatic carbocycles. The van der Waals surface area contributed by atoms with Crippen molar-refractivity contribution in [3.05, 3.63) is 79.4 Å². The summed E-state index contributed by atoms with van der Waals surface area (Å²) in [7, 11) is 0. The summed E-state index contributed by atoms with van der Waals surface area (Å²) in [5.41, 5.74) is 1.70. The Bertz CT molecular complexity index is 703. The molecule has 170 valence electrons. The highest BCUT2D eigenvalue weighted by atomic mass is 16.4. The molecule has 2 N–H and O–H groups in total. The molecular weight excluding hydrogens is 390 g/mol. The van der Waals surface area contributed by atoms with E-state index in [-0.39, 0.29) is 5.57 Å². The number of rotatable bonds is 9. The molecular formula is C26H37NO4. The second-order valence-electron chi connectivity index (χ2n) is 6.56. The van der Waals surface area contributed by atoms with Gasteiger partial charge < -0.3 is 10.2 Å². The van der Waals surface area contributed by atoms with Gasteiger partial charge in [-0.3, -0.25) is 0 Å². The van der Waals surface area contributed by atoms with E-state index in [1.165, 1.54) is 31.4 Å². The Morgan fingerprint density at radius 2 is 1.58 bits per heavy atom. The summed E-state index contributed by atoms with van der Waals surface area (Å²) >= 11 is 0. The highest BCUT2D eigenvalue weighted by molar-refractivity contribution is 5.85. The van der Waals surface area contributed by atoms with E-state index in [0.29, 0.717) is 17.9 Å². The van der Waals surface area contributed by atoms with Crippen molar-refractivity contribution in [1.82, 2.24) is 0 Å². The van der Waals surface area contributed by atoms with Crippen molar-refractivity contribution in [2.45, 2.75) is 52.9 Å². The predicted octanol–water partition coefficient (Wildman–Crippen LogP) is 6.91. The van der Waals surface area contributed by atoms with Crippen LogP contribution in [0.4, 0.5) is 0 Å². The van der Waals surface area contributed by atoms with Crippen LogP contribution in [0.3, 0.4) is 0 Å². The number of nitrogens with zero attached hydrogens (tertiary/aromatic N) is 1. The van der Waals surface area contributed by atoms with E-state index >= 15 is 0 Å². The van der Waals surface area contributed by atoms with Crippen LogP contribution in [0, 0.1) is 17.2 Å². The molecule has 1 aromatic carbocycles. The number of unbranched alkanes of at least 4 members (excludes halogenated alkanes) is 1. The standard InChI is InChI=1S/C11H20O2.C8H8.C4H6O2.C3H3N/c1-4-6-7-10(5-2)8-9(3)11(12)13;1-2-8-6-4-3-5-7-8;1-3(2)4(5)6;1-2-3-4/h10H,3-8H2,1-2H3,(H,12,13);2-7H,1H2;1H2,2H3,(H,5,6);2H,1H2. The third-order valence-corrected chi connectivity index (χ3v) is 3.87. The molecule has 0 amide bonds. The van der Waals surface area contributed by atoms with Gasteiger partial charge in [-0.1, -0.05) is 102 Å². The van der Waals surface area contributed by atoms with Crippen molar-refractivity contribution in [1.29, 1.82) is 5.26 Å². The van der Waals surface area contributed by atoms with E-state index < -0.39 is 11.9 Å². The SMILES string of the molecule is C=C(C)C(=O)O.C=C(CC(CC)CCCC)C(=O)O.C=CC#N.C=Cc1ccccc1. The van der Waals surface area contributed by atoms with E-state index in [4.69, 9.17) is 15.5 Å². The van der Waals surface area contributed by atoms with Crippen molar-refractivity contribution >= 4 is 18.0 Å². The van der Waals surface area contributed by atoms with Gasteiger partial charge >= 0.3 is 11.9 Å². The smallest absolute Gasteiger partial charge is 0.330 e. The molecule has 0 fully saturated rings. The predicted molar refractivity (Wildman–Crippen MR) is 129 cm³/mol. The second kappa shape index (κ2) is 22.9. The van der Waals surface area contributed by atoms with Crippen LogP contribution >= 0.6 is 0 Å². The topological polar surface area (TPSA) is 98.4 Å². The maximum Gasteiger partial charge on any atom is 0.330 e. The Morgan fingerprint density at radius 3 is 1.84 bits per heavy atom. The van der Waals surface area contributed by atoms with Gasteiger partial charge in [0.1, 0.15) is 0 Å². The van der Waals surface area contributed by atoms with Crippen molar-refractivity contribution in [2.24, 2.45) is 5.92 Å². The average molecular weight is 428 g/mol. The molecule has 1 rings (SSSR count). The molecule has 0 saturated heterocycles. The zero-order chi connectivity index (χ0) is 24.7. The number of nitriles is 1. The monoisotopic (exact) mass is 427 g/mol.